The van der Waals surface area contributed by atoms with Crippen molar-refractivity contribution in [2.45, 2.75) is 13.0 Å². The fourth-order valence-corrected chi connectivity index (χ4v) is 3.49. The zero-order chi connectivity index (χ0) is 17.3. The van der Waals surface area contributed by atoms with Crippen LogP contribution in [0.5, 0.6) is 0 Å². The van der Waals surface area contributed by atoms with Crippen LogP contribution in [0, 0.1) is 5.92 Å². The number of carbonyl (C=O) groups is 2. The normalized spacial score (nSPS) is 17.4. The zero-order valence-electron chi connectivity index (χ0n) is 13.6. The Morgan fingerprint density at radius 3 is 2.83 bits per heavy atom. The van der Waals surface area contributed by atoms with Gasteiger partial charge in [0.05, 0.1) is 17.8 Å². The molecule has 0 spiro atoms. The van der Waals surface area contributed by atoms with E-state index in [1.54, 1.807) is 27.7 Å². The third-order valence-electron chi connectivity index (χ3n) is 4.17. The number of anilines is 1. The largest absolute Gasteiger partial charge is 0.341 e. The molecule has 6 nitrogen and oxygen atoms in total. The molecular weight excluding hydrogens is 372 g/mol. The summed E-state index contributed by atoms with van der Waals surface area (Å²) >= 11 is 3.47. The van der Waals surface area contributed by atoms with Crippen molar-refractivity contribution in [3.8, 4) is 0 Å². The van der Waals surface area contributed by atoms with Crippen LogP contribution in [0.25, 0.3) is 0 Å². The number of carbonyl (C=O) groups excluding carboxylic acids is 2. The molecule has 1 aliphatic rings. The Morgan fingerprint density at radius 2 is 2.17 bits per heavy atom. The number of amides is 2. The molecule has 2 amide bonds. The van der Waals surface area contributed by atoms with Gasteiger partial charge < -0.3 is 9.80 Å². The van der Waals surface area contributed by atoms with Crippen LogP contribution in [0.2, 0.25) is 0 Å². The smallest absolute Gasteiger partial charge is 0.228 e. The van der Waals surface area contributed by atoms with Crippen molar-refractivity contribution in [2.75, 3.05) is 18.5 Å². The third kappa shape index (κ3) is 3.36. The van der Waals surface area contributed by atoms with Crippen LogP contribution in [-0.4, -0.2) is 40.1 Å². The lowest BCUT2D eigenvalue weighted by Crippen LogP contribution is -2.34. The van der Waals surface area contributed by atoms with Crippen molar-refractivity contribution in [3.63, 3.8) is 0 Å². The van der Waals surface area contributed by atoms with Gasteiger partial charge in [-0.1, -0.05) is 12.1 Å². The van der Waals surface area contributed by atoms with Crippen molar-refractivity contribution < 1.29 is 9.59 Å². The summed E-state index contributed by atoms with van der Waals surface area (Å²) in [5, 5.41) is 4.11. The third-order valence-corrected chi connectivity index (χ3v) is 4.84. The maximum atomic E-state index is 12.7. The number of rotatable bonds is 4. The van der Waals surface area contributed by atoms with Gasteiger partial charge in [-0.2, -0.15) is 5.10 Å². The molecule has 7 heteroatoms. The Bertz CT molecular complexity index is 773. The number of halogens is 1. The van der Waals surface area contributed by atoms with E-state index in [2.05, 4.69) is 21.0 Å². The van der Waals surface area contributed by atoms with Gasteiger partial charge in [0.25, 0.3) is 0 Å². The number of benzene rings is 1. The average Bonchev–Trinajstić information content (AvgIpc) is 3.13. The minimum Gasteiger partial charge on any atom is -0.341 e. The monoisotopic (exact) mass is 390 g/mol. The predicted octanol–water partition coefficient (Wildman–Crippen LogP) is 2.19. The highest BCUT2D eigenvalue weighted by Crippen LogP contribution is 2.31. The van der Waals surface area contributed by atoms with E-state index < -0.39 is 0 Å². The number of hydrogen-bond acceptors (Lipinski definition) is 3. The molecule has 1 aromatic carbocycles. The number of hydrogen-bond donors (Lipinski definition) is 0. The fourth-order valence-electron chi connectivity index (χ4n) is 2.99. The van der Waals surface area contributed by atoms with E-state index in [0.29, 0.717) is 13.1 Å². The molecule has 3 rings (SSSR count). The molecule has 126 valence electrons. The van der Waals surface area contributed by atoms with Gasteiger partial charge in [0.1, 0.15) is 0 Å². The summed E-state index contributed by atoms with van der Waals surface area (Å²) < 4.78 is 2.57. The van der Waals surface area contributed by atoms with E-state index >= 15 is 0 Å². The van der Waals surface area contributed by atoms with Crippen LogP contribution < -0.4 is 4.90 Å². The van der Waals surface area contributed by atoms with Gasteiger partial charge in [-0.25, -0.2) is 0 Å². The lowest BCUT2D eigenvalue weighted by Gasteiger charge is -2.21. The molecule has 1 fully saturated rings. The van der Waals surface area contributed by atoms with Crippen LogP contribution in [0.1, 0.15) is 12.0 Å². The number of nitrogens with zero attached hydrogens (tertiary/aromatic N) is 4. The Balaban J connectivity index is 1.68. The molecule has 1 saturated heterocycles. The second-order valence-electron chi connectivity index (χ2n) is 6.07. The van der Waals surface area contributed by atoms with Crippen molar-refractivity contribution in [3.05, 3.63) is 46.7 Å². The van der Waals surface area contributed by atoms with Gasteiger partial charge in [-0.05, 0) is 28.1 Å². The Kier molecular flexibility index (Phi) is 4.71. The molecule has 0 radical (unpaired) electrons. The first-order chi connectivity index (χ1) is 11.5. The first-order valence-electron chi connectivity index (χ1n) is 7.73. The zero-order valence-corrected chi connectivity index (χ0v) is 15.2. The maximum Gasteiger partial charge on any atom is 0.228 e. The minimum absolute atomic E-state index is 0.0123. The Hall–Kier alpha value is -2.15. The molecule has 0 N–H and O–H groups in total. The van der Waals surface area contributed by atoms with Crippen molar-refractivity contribution in [1.29, 1.82) is 0 Å². The van der Waals surface area contributed by atoms with E-state index in [9.17, 15) is 9.59 Å². The van der Waals surface area contributed by atoms with E-state index in [1.165, 1.54) is 0 Å². The molecule has 1 atom stereocenters. The van der Waals surface area contributed by atoms with Crippen molar-refractivity contribution >= 4 is 33.4 Å². The number of para-hydroxylation sites is 1. The highest BCUT2D eigenvalue weighted by Gasteiger charge is 2.37. The van der Waals surface area contributed by atoms with Crippen LogP contribution in [0.4, 0.5) is 5.69 Å². The van der Waals surface area contributed by atoms with Gasteiger partial charge in [-0.3, -0.25) is 14.3 Å². The summed E-state index contributed by atoms with van der Waals surface area (Å²) in [6.07, 6.45) is 3.88. The Morgan fingerprint density at radius 1 is 1.42 bits per heavy atom. The van der Waals surface area contributed by atoms with Crippen LogP contribution in [0.15, 0.2) is 41.1 Å². The van der Waals surface area contributed by atoms with Crippen LogP contribution >= 0.6 is 15.9 Å². The topological polar surface area (TPSA) is 58.4 Å². The van der Waals surface area contributed by atoms with Gasteiger partial charge in [0.15, 0.2) is 0 Å². The summed E-state index contributed by atoms with van der Waals surface area (Å²) in [6.45, 7) is 0.907. The lowest BCUT2D eigenvalue weighted by molar-refractivity contribution is -0.135. The van der Waals surface area contributed by atoms with Gasteiger partial charge in [0.2, 0.25) is 11.8 Å². The molecule has 2 heterocycles. The second kappa shape index (κ2) is 6.76. The summed E-state index contributed by atoms with van der Waals surface area (Å²) in [5.74, 6) is -0.344. The van der Waals surface area contributed by atoms with Gasteiger partial charge in [0, 0.05) is 49.8 Å². The standard InChI is InChI=1S/C17H19BrN4O2/c1-20(9-12-8-19-21(2)10-12)17(24)13-7-16(23)22(11-13)15-6-4-3-5-14(15)18/h3-6,8,10,13H,7,9,11H2,1-2H3/t13-/m0/s1. The van der Waals surface area contributed by atoms with Crippen molar-refractivity contribution in [2.24, 2.45) is 13.0 Å². The molecule has 1 aliphatic heterocycles. The quantitative estimate of drug-likeness (QED) is 0.803. The van der Waals surface area contributed by atoms with Gasteiger partial charge in [-0.15, -0.1) is 0 Å². The first kappa shape index (κ1) is 16.7. The highest BCUT2D eigenvalue weighted by molar-refractivity contribution is 9.10. The average molecular weight is 391 g/mol. The number of aromatic nitrogens is 2. The van der Waals surface area contributed by atoms with E-state index in [1.807, 2.05) is 37.5 Å². The predicted molar refractivity (Wildman–Crippen MR) is 94.3 cm³/mol. The second-order valence-corrected chi connectivity index (χ2v) is 6.93. The summed E-state index contributed by atoms with van der Waals surface area (Å²) in [7, 11) is 3.61. The summed E-state index contributed by atoms with van der Waals surface area (Å²) in [4.78, 5) is 28.4. The summed E-state index contributed by atoms with van der Waals surface area (Å²) in [5.41, 5.74) is 1.79. The van der Waals surface area contributed by atoms with E-state index in [0.717, 1.165) is 15.7 Å². The lowest BCUT2D eigenvalue weighted by atomic mass is 10.1. The molecule has 0 unspecified atom stereocenters. The molecule has 0 saturated carbocycles. The Labute approximate surface area is 149 Å². The van der Waals surface area contributed by atoms with Crippen molar-refractivity contribution in [1.82, 2.24) is 14.7 Å². The molecule has 24 heavy (non-hydrogen) atoms. The molecule has 0 bridgehead atoms. The first-order valence-corrected chi connectivity index (χ1v) is 8.52. The molecule has 2 aromatic rings. The fraction of sp³-hybridized carbons (Fsp3) is 0.353. The molecular formula is C17H19BrN4O2. The minimum atomic E-state index is -0.314. The van der Waals surface area contributed by atoms with Gasteiger partial charge >= 0.3 is 0 Å². The maximum absolute atomic E-state index is 12.7. The molecule has 1 aromatic heterocycles. The van der Waals surface area contributed by atoms with Crippen LogP contribution in [-0.2, 0) is 23.2 Å². The van der Waals surface area contributed by atoms with E-state index in [-0.39, 0.29) is 24.2 Å². The SMILES string of the molecule is CN(Cc1cnn(C)c1)C(=O)[C@H]1CC(=O)N(c2ccccc2Br)C1. The number of aryl methyl sites for hydroxylation is 1. The molecule has 0 aliphatic carbocycles. The van der Waals surface area contributed by atoms with E-state index in [4.69, 9.17) is 0 Å². The van der Waals surface area contributed by atoms with Crippen LogP contribution in [0.3, 0.4) is 0 Å². The summed E-state index contributed by atoms with van der Waals surface area (Å²) in [6, 6.07) is 7.57. The highest BCUT2D eigenvalue weighted by atomic mass is 79.9.